The molecule has 5 nitrogen and oxygen atoms in total. The zero-order chi connectivity index (χ0) is 12.4. The van der Waals surface area contributed by atoms with E-state index in [1.54, 1.807) is 12.3 Å². The fourth-order valence-electron chi connectivity index (χ4n) is 1.54. The number of anilines is 1. The van der Waals surface area contributed by atoms with Crippen LogP contribution in [0.4, 0.5) is 5.69 Å². The van der Waals surface area contributed by atoms with E-state index in [9.17, 15) is 9.59 Å². The van der Waals surface area contributed by atoms with Gasteiger partial charge in [-0.1, -0.05) is 0 Å². The van der Waals surface area contributed by atoms with E-state index in [1.807, 2.05) is 0 Å². The predicted molar refractivity (Wildman–Crippen MR) is 68.6 cm³/mol. The van der Waals surface area contributed by atoms with E-state index in [4.69, 9.17) is 5.73 Å². The van der Waals surface area contributed by atoms with Crippen LogP contribution in [-0.4, -0.2) is 16.5 Å². The minimum Gasteiger partial charge on any atom is -0.398 e. The molecule has 0 aliphatic heterocycles. The Hall–Kier alpha value is -1.30. The number of aryl methyl sites for hydroxylation is 1. The number of rotatable bonds is 4. The van der Waals surface area contributed by atoms with Gasteiger partial charge in [-0.2, -0.15) is 0 Å². The summed E-state index contributed by atoms with van der Waals surface area (Å²) in [6.07, 6.45) is 3.98. The van der Waals surface area contributed by atoms with Crippen molar-refractivity contribution in [3.05, 3.63) is 27.1 Å². The van der Waals surface area contributed by atoms with Crippen LogP contribution in [0.2, 0.25) is 0 Å². The fraction of sp³-hybridized carbons (Fsp3) is 0.455. The Morgan fingerprint density at radius 2 is 2.29 bits per heavy atom. The third-order valence-electron chi connectivity index (χ3n) is 2.59. The standard InChI is InChI=1S/C11H14BrN3O2/c12-9-5-7(13)6-15(11(9)17)4-3-10(16)14-8-1-2-8/h5-6,8H,1-4,13H2,(H,14,16). The summed E-state index contributed by atoms with van der Waals surface area (Å²) in [4.78, 5) is 23.2. The SMILES string of the molecule is Nc1cc(Br)c(=O)n(CCC(=O)NC2CC2)c1. The van der Waals surface area contributed by atoms with Crippen molar-refractivity contribution in [2.45, 2.75) is 31.8 Å². The Bertz CT molecular complexity index is 494. The largest absolute Gasteiger partial charge is 0.398 e. The topological polar surface area (TPSA) is 77.1 Å². The van der Waals surface area contributed by atoms with Crippen LogP contribution in [-0.2, 0) is 11.3 Å². The molecule has 1 fully saturated rings. The first-order valence-corrected chi connectivity index (χ1v) is 6.30. The van der Waals surface area contributed by atoms with Gasteiger partial charge in [0, 0.05) is 30.9 Å². The molecule has 92 valence electrons. The van der Waals surface area contributed by atoms with Crippen molar-refractivity contribution in [1.82, 2.24) is 9.88 Å². The molecule has 0 saturated heterocycles. The number of nitrogens with zero attached hydrogens (tertiary/aromatic N) is 1. The zero-order valence-electron chi connectivity index (χ0n) is 9.28. The number of nitrogens with two attached hydrogens (primary N) is 1. The van der Waals surface area contributed by atoms with E-state index >= 15 is 0 Å². The summed E-state index contributed by atoms with van der Waals surface area (Å²) in [7, 11) is 0. The highest BCUT2D eigenvalue weighted by Crippen LogP contribution is 2.18. The van der Waals surface area contributed by atoms with Gasteiger partial charge in [-0.15, -0.1) is 0 Å². The van der Waals surface area contributed by atoms with E-state index in [1.165, 1.54) is 4.57 Å². The molecule has 1 aromatic rings. The Labute approximate surface area is 107 Å². The first kappa shape index (κ1) is 12.2. The zero-order valence-corrected chi connectivity index (χ0v) is 10.9. The molecular weight excluding hydrogens is 286 g/mol. The van der Waals surface area contributed by atoms with Gasteiger partial charge in [0.1, 0.15) is 0 Å². The van der Waals surface area contributed by atoms with Crippen LogP contribution in [0.3, 0.4) is 0 Å². The monoisotopic (exact) mass is 299 g/mol. The number of pyridine rings is 1. The molecule has 17 heavy (non-hydrogen) atoms. The van der Waals surface area contributed by atoms with Crippen molar-refractivity contribution >= 4 is 27.5 Å². The highest BCUT2D eigenvalue weighted by molar-refractivity contribution is 9.10. The highest BCUT2D eigenvalue weighted by Gasteiger charge is 2.22. The highest BCUT2D eigenvalue weighted by atomic mass is 79.9. The molecule has 1 aliphatic rings. The van der Waals surface area contributed by atoms with Gasteiger partial charge in [0.15, 0.2) is 0 Å². The van der Waals surface area contributed by atoms with Gasteiger partial charge in [-0.05, 0) is 34.8 Å². The second-order valence-electron chi connectivity index (χ2n) is 4.21. The number of carbonyl (C=O) groups is 1. The lowest BCUT2D eigenvalue weighted by Crippen LogP contribution is -2.28. The maximum atomic E-state index is 11.7. The number of amides is 1. The van der Waals surface area contributed by atoms with Crippen LogP contribution >= 0.6 is 15.9 Å². The molecule has 0 aromatic carbocycles. The van der Waals surface area contributed by atoms with E-state index < -0.39 is 0 Å². The third-order valence-corrected chi connectivity index (χ3v) is 3.15. The Morgan fingerprint density at radius 1 is 1.59 bits per heavy atom. The molecule has 1 saturated carbocycles. The minimum absolute atomic E-state index is 0.0158. The molecule has 0 bridgehead atoms. The first-order valence-electron chi connectivity index (χ1n) is 5.51. The second-order valence-corrected chi connectivity index (χ2v) is 5.07. The summed E-state index contributed by atoms with van der Waals surface area (Å²) in [6.45, 7) is 0.348. The Balaban J connectivity index is 1.98. The fourth-order valence-corrected chi connectivity index (χ4v) is 2.03. The van der Waals surface area contributed by atoms with E-state index in [-0.39, 0.29) is 11.5 Å². The van der Waals surface area contributed by atoms with Crippen LogP contribution in [0.1, 0.15) is 19.3 Å². The molecule has 2 rings (SSSR count). The van der Waals surface area contributed by atoms with Crippen molar-refractivity contribution in [2.24, 2.45) is 0 Å². The maximum Gasteiger partial charge on any atom is 0.264 e. The van der Waals surface area contributed by atoms with E-state index in [0.717, 1.165) is 12.8 Å². The van der Waals surface area contributed by atoms with Gasteiger partial charge in [0.25, 0.3) is 5.56 Å². The number of nitrogens with one attached hydrogen (secondary N) is 1. The van der Waals surface area contributed by atoms with Gasteiger partial charge < -0.3 is 15.6 Å². The average molecular weight is 300 g/mol. The molecule has 1 amide bonds. The first-order chi connectivity index (χ1) is 8.06. The van der Waals surface area contributed by atoms with Crippen LogP contribution in [0, 0.1) is 0 Å². The van der Waals surface area contributed by atoms with Crippen molar-refractivity contribution in [1.29, 1.82) is 0 Å². The molecule has 0 unspecified atom stereocenters. The molecular formula is C11H14BrN3O2. The van der Waals surface area contributed by atoms with Gasteiger partial charge in [-0.3, -0.25) is 9.59 Å². The van der Waals surface area contributed by atoms with Crippen molar-refractivity contribution in [3.8, 4) is 0 Å². The predicted octanol–water partition coefficient (Wildman–Crippen LogP) is 0.862. The number of nitrogen functional groups attached to an aromatic ring is 1. The van der Waals surface area contributed by atoms with E-state index in [0.29, 0.717) is 29.2 Å². The molecule has 0 spiro atoms. The number of hydrogen-bond donors (Lipinski definition) is 2. The van der Waals surface area contributed by atoms with Crippen LogP contribution in [0.5, 0.6) is 0 Å². The summed E-state index contributed by atoms with van der Waals surface area (Å²) in [5, 5.41) is 2.88. The maximum absolute atomic E-state index is 11.7. The van der Waals surface area contributed by atoms with E-state index in [2.05, 4.69) is 21.2 Å². The lowest BCUT2D eigenvalue weighted by molar-refractivity contribution is -0.121. The molecule has 0 radical (unpaired) electrons. The number of carbonyl (C=O) groups excluding carboxylic acids is 1. The smallest absolute Gasteiger partial charge is 0.264 e. The molecule has 1 heterocycles. The van der Waals surface area contributed by atoms with Crippen LogP contribution in [0.15, 0.2) is 21.5 Å². The normalized spacial score (nSPS) is 14.6. The third kappa shape index (κ3) is 3.33. The second kappa shape index (κ2) is 4.91. The number of aromatic nitrogens is 1. The Morgan fingerprint density at radius 3 is 2.94 bits per heavy atom. The van der Waals surface area contributed by atoms with Crippen molar-refractivity contribution < 1.29 is 4.79 Å². The van der Waals surface area contributed by atoms with Crippen molar-refractivity contribution in [3.63, 3.8) is 0 Å². The molecule has 1 aromatic heterocycles. The number of halogens is 1. The van der Waals surface area contributed by atoms with Crippen LogP contribution < -0.4 is 16.6 Å². The quantitative estimate of drug-likeness (QED) is 0.866. The van der Waals surface area contributed by atoms with Crippen molar-refractivity contribution in [2.75, 3.05) is 5.73 Å². The van der Waals surface area contributed by atoms with Gasteiger partial charge in [0.2, 0.25) is 5.91 Å². The summed E-state index contributed by atoms with van der Waals surface area (Å²) in [6, 6.07) is 1.91. The summed E-state index contributed by atoms with van der Waals surface area (Å²) in [5.74, 6) is -0.0158. The number of hydrogen-bond acceptors (Lipinski definition) is 3. The summed E-state index contributed by atoms with van der Waals surface area (Å²) in [5.41, 5.74) is 5.97. The lowest BCUT2D eigenvalue weighted by atomic mass is 10.3. The molecule has 0 atom stereocenters. The van der Waals surface area contributed by atoms with Crippen LogP contribution in [0.25, 0.3) is 0 Å². The van der Waals surface area contributed by atoms with Gasteiger partial charge in [-0.25, -0.2) is 0 Å². The molecule has 1 aliphatic carbocycles. The summed E-state index contributed by atoms with van der Waals surface area (Å²) < 4.78 is 1.87. The molecule has 3 N–H and O–H groups in total. The minimum atomic E-state index is -0.168. The Kier molecular flexibility index (Phi) is 3.51. The summed E-state index contributed by atoms with van der Waals surface area (Å²) >= 11 is 3.14. The average Bonchev–Trinajstić information content (AvgIpc) is 3.05. The van der Waals surface area contributed by atoms with Gasteiger partial charge >= 0.3 is 0 Å². The van der Waals surface area contributed by atoms with Gasteiger partial charge in [0.05, 0.1) is 4.47 Å². The lowest BCUT2D eigenvalue weighted by Gasteiger charge is -2.07. The molecule has 6 heteroatoms.